The van der Waals surface area contributed by atoms with Crippen LogP contribution in [0, 0.1) is 0 Å². The Morgan fingerprint density at radius 2 is 1.67 bits per heavy atom. The average molecular weight is 367 g/mol. The zero-order chi connectivity index (χ0) is 18.0. The molecule has 0 aliphatic heterocycles. The van der Waals surface area contributed by atoms with Crippen LogP contribution >= 0.6 is 11.6 Å². The summed E-state index contributed by atoms with van der Waals surface area (Å²) < 4.78 is 75.2. The van der Waals surface area contributed by atoms with Gasteiger partial charge in [0.05, 0.1) is 27.5 Å². The number of pyridine rings is 1. The molecule has 2 rings (SSSR count). The maximum Gasteiger partial charge on any atom is 0.417 e. The number of nitrogens with zero attached hydrogens (tertiary/aromatic N) is 2. The molecule has 0 atom stereocenters. The molecule has 0 N–H and O–H groups in total. The van der Waals surface area contributed by atoms with Crippen molar-refractivity contribution in [1.29, 1.82) is 0 Å². The predicted molar refractivity (Wildman–Crippen MR) is 77.5 cm³/mol. The molecule has 0 radical (unpaired) electrons. The van der Waals surface area contributed by atoms with Crippen LogP contribution in [0.15, 0.2) is 41.5 Å². The molecule has 2 nitrogen and oxygen atoms in total. The number of benzene rings is 1. The Balaban J connectivity index is 2.12. The van der Waals surface area contributed by atoms with Gasteiger partial charge >= 0.3 is 12.4 Å². The van der Waals surface area contributed by atoms with Crippen molar-refractivity contribution in [2.75, 3.05) is 0 Å². The molecule has 0 spiro atoms. The molecule has 128 valence electrons. The molecule has 0 fully saturated rings. The highest BCUT2D eigenvalue weighted by Crippen LogP contribution is 2.32. The average Bonchev–Trinajstić information content (AvgIpc) is 2.47. The summed E-state index contributed by atoms with van der Waals surface area (Å²) in [4.78, 5) is 7.45. The van der Waals surface area contributed by atoms with Crippen molar-refractivity contribution in [3.63, 3.8) is 0 Å². The van der Waals surface area contributed by atoms with Crippen molar-refractivity contribution in [2.24, 2.45) is 4.99 Å². The zero-order valence-corrected chi connectivity index (χ0v) is 12.5. The standard InChI is InChI=1S/C15H9ClF6N2/c16-12-7-10(15(20,21)22)8-24-13(12)4-5-23-11-3-1-2-9(6-11)14(17,18)19/h1-3,5-8H,4H2. The van der Waals surface area contributed by atoms with E-state index < -0.39 is 23.5 Å². The molecule has 1 heterocycles. The summed E-state index contributed by atoms with van der Waals surface area (Å²) in [5.41, 5.74) is -1.62. The normalized spacial score (nSPS) is 12.8. The maximum atomic E-state index is 12.6. The Kier molecular flexibility index (Phi) is 5.17. The fourth-order valence-electron chi connectivity index (χ4n) is 1.77. The van der Waals surface area contributed by atoms with Crippen LogP contribution in [0.25, 0.3) is 0 Å². The fourth-order valence-corrected chi connectivity index (χ4v) is 2.02. The maximum absolute atomic E-state index is 12.6. The minimum atomic E-state index is -4.55. The molecule has 1 aromatic heterocycles. The quantitative estimate of drug-likeness (QED) is 0.504. The lowest BCUT2D eigenvalue weighted by atomic mass is 10.2. The fraction of sp³-hybridized carbons (Fsp3) is 0.200. The van der Waals surface area contributed by atoms with Crippen LogP contribution in [-0.4, -0.2) is 11.2 Å². The van der Waals surface area contributed by atoms with E-state index in [4.69, 9.17) is 11.6 Å². The Labute approximate surface area is 137 Å². The molecule has 2 aromatic rings. The molecule has 0 aliphatic rings. The van der Waals surface area contributed by atoms with E-state index in [-0.39, 0.29) is 22.8 Å². The minimum Gasteiger partial charge on any atom is -0.261 e. The van der Waals surface area contributed by atoms with E-state index in [1.165, 1.54) is 18.3 Å². The second kappa shape index (κ2) is 6.80. The smallest absolute Gasteiger partial charge is 0.261 e. The third-order valence-electron chi connectivity index (χ3n) is 2.94. The number of aliphatic imine (C=N–C) groups is 1. The Morgan fingerprint density at radius 3 is 2.25 bits per heavy atom. The van der Waals surface area contributed by atoms with Gasteiger partial charge in [-0.3, -0.25) is 9.98 Å². The van der Waals surface area contributed by atoms with E-state index in [0.717, 1.165) is 18.2 Å². The van der Waals surface area contributed by atoms with Gasteiger partial charge in [0.1, 0.15) is 0 Å². The molecular formula is C15H9ClF6N2. The lowest BCUT2D eigenvalue weighted by molar-refractivity contribution is -0.138. The minimum absolute atomic E-state index is 0.0206. The van der Waals surface area contributed by atoms with Crippen LogP contribution in [0.4, 0.5) is 32.0 Å². The predicted octanol–water partition coefficient (Wildman–Crippen LogP) is 5.72. The van der Waals surface area contributed by atoms with Crippen LogP contribution in [-0.2, 0) is 18.8 Å². The summed E-state index contributed by atoms with van der Waals surface area (Å²) in [5.74, 6) is 0. The largest absolute Gasteiger partial charge is 0.417 e. The molecule has 0 saturated heterocycles. The van der Waals surface area contributed by atoms with Gasteiger partial charge in [0.15, 0.2) is 0 Å². The van der Waals surface area contributed by atoms with Crippen LogP contribution in [0.1, 0.15) is 16.8 Å². The highest BCUT2D eigenvalue weighted by Gasteiger charge is 2.31. The number of rotatable bonds is 3. The highest BCUT2D eigenvalue weighted by atomic mass is 35.5. The zero-order valence-electron chi connectivity index (χ0n) is 11.8. The Morgan fingerprint density at radius 1 is 1.00 bits per heavy atom. The molecule has 0 amide bonds. The Bertz CT molecular complexity index is 752. The SMILES string of the molecule is FC(F)(F)c1cccc(N=CCc2ncc(C(F)(F)F)cc2Cl)c1. The van der Waals surface area contributed by atoms with Crippen LogP contribution in [0.3, 0.4) is 0 Å². The highest BCUT2D eigenvalue weighted by molar-refractivity contribution is 6.31. The Hall–Kier alpha value is -2.09. The third-order valence-corrected chi connectivity index (χ3v) is 3.27. The van der Waals surface area contributed by atoms with E-state index in [1.54, 1.807) is 0 Å². The lowest BCUT2D eigenvalue weighted by Gasteiger charge is -2.08. The number of aromatic nitrogens is 1. The number of halogens is 7. The number of alkyl halides is 6. The molecule has 0 saturated carbocycles. The van der Waals surface area contributed by atoms with E-state index in [9.17, 15) is 26.3 Å². The van der Waals surface area contributed by atoms with Crippen molar-refractivity contribution in [1.82, 2.24) is 4.98 Å². The number of hydrogen-bond donors (Lipinski definition) is 0. The first-order valence-electron chi connectivity index (χ1n) is 6.49. The van der Waals surface area contributed by atoms with Crippen molar-refractivity contribution < 1.29 is 26.3 Å². The second-order valence-corrected chi connectivity index (χ2v) is 5.12. The van der Waals surface area contributed by atoms with Crippen molar-refractivity contribution in [2.45, 2.75) is 18.8 Å². The molecule has 9 heteroatoms. The van der Waals surface area contributed by atoms with Gasteiger partial charge in [0, 0.05) is 18.8 Å². The summed E-state index contributed by atoms with van der Waals surface area (Å²) in [6.45, 7) is 0. The van der Waals surface area contributed by atoms with Gasteiger partial charge in [-0.2, -0.15) is 26.3 Å². The summed E-state index contributed by atoms with van der Waals surface area (Å²) in [6.07, 6.45) is -7.19. The summed E-state index contributed by atoms with van der Waals surface area (Å²) >= 11 is 5.73. The molecule has 0 bridgehead atoms. The molecule has 0 aliphatic carbocycles. The van der Waals surface area contributed by atoms with Gasteiger partial charge in [0.2, 0.25) is 0 Å². The van der Waals surface area contributed by atoms with Crippen LogP contribution in [0.5, 0.6) is 0 Å². The molecule has 0 unspecified atom stereocenters. The monoisotopic (exact) mass is 366 g/mol. The van der Waals surface area contributed by atoms with E-state index in [0.29, 0.717) is 6.20 Å². The molecular weight excluding hydrogens is 358 g/mol. The van der Waals surface area contributed by atoms with Gasteiger partial charge < -0.3 is 0 Å². The number of hydrogen-bond acceptors (Lipinski definition) is 2. The van der Waals surface area contributed by atoms with E-state index in [1.807, 2.05) is 0 Å². The first-order valence-corrected chi connectivity index (χ1v) is 6.86. The lowest BCUT2D eigenvalue weighted by Crippen LogP contribution is -2.06. The molecule has 24 heavy (non-hydrogen) atoms. The van der Waals surface area contributed by atoms with Crippen LogP contribution in [0.2, 0.25) is 5.02 Å². The van der Waals surface area contributed by atoms with E-state index in [2.05, 4.69) is 9.98 Å². The van der Waals surface area contributed by atoms with Crippen molar-refractivity contribution >= 4 is 23.5 Å². The van der Waals surface area contributed by atoms with Gasteiger partial charge in [-0.25, -0.2) is 0 Å². The van der Waals surface area contributed by atoms with Gasteiger partial charge in [-0.1, -0.05) is 17.7 Å². The summed E-state index contributed by atoms with van der Waals surface area (Å²) in [5, 5.41) is -0.194. The summed E-state index contributed by atoms with van der Waals surface area (Å²) in [6, 6.07) is 5.08. The first-order chi connectivity index (χ1) is 11.1. The van der Waals surface area contributed by atoms with Crippen molar-refractivity contribution in [3.8, 4) is 0 Å². The first kappa shape index (κ1) is 18.3. The van der Waals surface area contributed by atoms with Crippen molar-refractivity contribution in [3.05, 3.63) is 58.4 Å². The van der Waals surface area contributed by atoms with Gasteiger partial charge in [-0.05, 0) is 24.3 Å². The van der Waals surface area contributed by atoms with E-state index >= 15 is 0 Å². The van der Waals surface area contributed by atoms with Crippen LogP contribution < -0.4 is 0 Å². The molecule has 1 aromatic carbocycles. The topological polar surface area (TPSA) is 25.2 Å². The van der Waals surface area contributed by atoms with Gasteiger partial charge in [-0.15, -0.1) is 0 Å². The summed E-state index contributed by atoms with van der Waals surface area (Å²) in [7, 11) is 0. The third kappa shape index (κ3) is 4.70. The van der Waals surface area contributed by atoms with Gasteiger partial charge in [0.25, 0.3) is 0 Å². The second-order valence-electron chi connectivity index (χ2n) is 4.71.